The molecule has 0 spiro atoms. The highest BCUT2D eigenvalue weighted by molar-refractivity contribution is 7.87. The molecule has 0 saturated heterocycles. The number of hydrogen-bond donors (Lipinski definition) is 0. The first-order valence-corrected chi connectivity index (χ1v) is 9.33. The fraction of sp³-hybridized carbons (Fsp3) is 0.933. The third kappa shape index (κ3) is 10.2. The lowest BCUT2D eigenvalue weighted by Gasteiger charge is -2.07. The molecule has 0 aromatic heterocycles. The average Bonchev–Trinajstić information content (AvgIpc) is 2.36. The minimum absolute atomic E-state index is 0.196. The molecule has 120 valence electrons. The van der Waals surface area contributed by atoms with Crippen molar-refractivity contribution in [3.63, 3.8) is 0 Å². The van der Waals surface area contributed by atoms with E-state index < -0.39 is 21.3 Å². The van der Waals surface area contributed by atoms with Crippen LogP contribution >= 0.6 is 0 Å². The molecule has 0 heterocycles. The Balaban J connectivity index is 3.49. The fourth-order valence-corrected chi connectivity index (χ4v) is 2.38. The molecular weight excluding hydrogens is 276 g/mol. The number of carbonyl (C=O) groups is 1. The monoisotopic (exact) mass is 306 g/mol. The Labute approximate surface area is 124 Å². The van der Waals surface area contributed by atoms with Gasteiger partial charge in [-0.15, -0.1) is 0 Å². The van der Waals surface area contributed by atoms with Crippen molar-refractivity contribution in [2.75, 3.05) is 0 Å². The van der Waals surface area contributed by atoms with Crippen LogP contribution in [0.5, 0.6) is 0 Å². The molecule has 0 fully saturated rings. The second kappa shape index (κ2) is 11.1. The summed E-state index contributed by atoms with van der Waals surface area (Å²) in [6.45, 7) is 5.21. The van der Waals surface area contributed by atoms with E-state index in [1.54, 1.807) is 0 Å². The van der Waals surface area contributed by atoms with Crippen LogP contribution in [-0.2, 0) is 19.1 Å². The quantitative estimate of drug-likeness (QED) is 0.401. The van der Waals surface area contributed by atoms with Crippen LogP contribution < -0.4 is 0 Å². The molecule has 0 aromatic carbocycles. The summed E-state index contributed by atoms with van der Waals surface area (Å²) in [5.41, 5.74) is 0. The van der Waals surface area contributed by atoms with Gasteiger partial charge in [-0.3, -0.25) is 4.79 Å². The molecule has 0 rings (SSSR count). The first kappa shape index (κ1) is 19.4. The van der Waals surface area contributed by atoms with E-state index in [-0.39, 0.29) is 6.42 Å². The van der Waals surface area contributed by atoms with Gasteiger partial charge in [0.25, 0.3) is 0 Å². The van der Waals surface area contributed by atoms with Gasteiger partial charge in [-0.1, -0.05) is 58.3 Å². The smallest absolute Gasteiger partial charge is 0.322 e. The summed E-state index contributed by atoms with van der Waals surface area (Å²) >= 11 is 0. The van der Waals surface area contributed by atoms with Gasteiger partial charge < -0.3 is 4.18 Å². The molecule has 0 aliphatic rings. The molecule has 0 aromatic rings. The van der Waals surface area contributed by atoms with Gasteiger partial charge in [-0.05, 0) is 20.3 Å². The van der Waals surface area contributed by atoms with Gasteiger partial charge in [-0.2, -0.15) is 8.42 Å². The van der Waals surface area contributed by atoms with E-state index in [1.165, 1.54) is 52.4 Å². The van der Waals surface area contributed by atoms with E-state index in [0.717, 1.165) is 12.8 Å². The Morgan fingerprint density at radius 3 is 1.80 bits per heavy atom. The second-order valence-corrected chi connectivity index (χ2v) is 7.67. The summed E-state index contributed by atoms with van der Waals surface area (Å²) in [6, 6.07) is 0. The molecule has 5 heteroatoms. The fourth-order valence-electron chi connectivity index (χ4n) is 1.85. The van der Waals surface area contributed by atoms with Gasteiger partial charge in [0, 0.05) is 6.42 Å². The van der Waals surface area contributed by atoms with Crippen molar-refractivity contribution < 1.29 is 17.4 Å². The summed E-state index contributed by atoms with van der Waals surface area (Å²) in [4.78, 5) is 11.4. The van der Waals surface area contributed by atoms with Gasteiger partial charge in [0.2, 0.25) is 0 Å². The molecule has 0 bridgehead atoms. The minimum atomic E-state index is -3.71. The molecule has 0 aliphatic carbocycles. The summed E-state index contributed by atoms with van der Waals surface area (Å²) in [5.74, 6) is -0.623. The molecule has 0 unspecified atom stereocenters. The number of carbonyl (C=O) groups excluding carboxylic acids is 1. The number of unbranched alkanes of at least 4 members (excludes halogenated alkanes) is 8. The molecule has 0 amide bonds. The zero-order valence-corrected chi connectivity index (χ0v) is 14.0. The summed E-state index contributed by atoms with van der Waals surface area (Å²) in [5, 5.41) is -0.672. The third-order valence-electron chi connectivity index (χ3n) is 3.27. The lowest BCUT2D eigenvalue weighted by Crippen LogP contribution is -2.20. The molecule has 4 nitrogen and oxygen atoms in total. The van der Waals surface area contributed by atoms with Crippen LogP contribution in [0.15, 0.2) is 0 Å². The van der Waals surface area contributed by atoms with Gasteiger partial charge in [0.15, 0.2) is 0 Å². The average molecular weight is 306 g/mol. The number of hydrogen-bond acceptors (Lipinski definition) is 4. The molecule has 0 atom stereocenters. The van der Waals surface area contributed by atoms with Crippen LogP contribution in [0.2, 0.25) is 0 Å². The maximum atomic E-state index is 11.4. The Hall–Kier alpha value is -0.580. The standard InChI is InChI=1S/C15H30O4S/c1-4-5-6-7-8-9-10-11-12-13-15(16)19-20(17,18)14(2)3/h14H,4-13H2,1-3H3. The van der Waals surface area contributed by atoms with E-state index in [1.807, 2.05) is 0 Å². The summed E-state index contributed by atoms with van der Waals surface area (Å²) in [6.07, 6.45) is 10.6. The summed E-state index contributed by atoms with van der Waals surface area (Å²) in [7, 11) is -3.71. The lowest BCUT2D eigenvalue weighted by atomic mass is 10.1. The van der Waals surface area contributed by atoms with Crippen LogP contribution in [0.3, 0.4) is 0 Å². The zero-order chi connectivity index (χ0) is 15.4. The predicted octanol–water partition coefficient (Wildman–Crippen LogP) is 4.19. The van der Waals surface area contributed by atoms with Crippen LogP contribution in [-0.4, -0.2) is 19.6 Å². The van der Waals surface area contributed by atoms with Crippen LogP contribution in [0, 0.1) is 0 Å². The molecule has 20 heavy (non-hydrogen) atoms. The van der Waals surface area contributed by atoms with Crippen molar-refractivity contribution in [3.05, 3.63) is 0 Å². The Kier molecular flexibility index (Phi) is 10.8. The first-order chi connectivity index (χ1) is 9.40. The normalized spacial score (nSPS) is 11.8. The topological polar surface area (TPSA) is 60.4 Å². The SMILES string of the molecule is CCCCCCCCCCCC(=O)OS(=O)(=O)C(C)C. The molecule has 0 saturated carbocycles. The lowest BCUT2D eigenvalue weighted by molar-refractivity contribution is -0.134. The highest BCUT2D eigenvalue weighted by Gasteiger charge is 2.20. The molecule has 0 radical (unpaired) electrons. The van der Waals surface area contributed by atoms with E-state index in [2.05, 4.69) is 11.1 Å². The second-order valence-electron chi connectivity index (χ2n) is 5.58. The van der Waals surface area contributed by atoms with Crippen LogP contribution in [0.1, 0.15) is 85.0 Å². The largest absolute Gasteiger partial charge is 0.346 e. The Morgan fingerprint density at radius 2 is 1.35 bits per heavy atom. The Bertz CT molecular complexity index is 347. The van der Waals surface area contributed by atoms with E-state index in [0.29, 0.717) is 6.42 Å². The predicted molar refractivity (Wildman–Crippen MR) is 82.0 cm³/mol. The van der Waals surface area contributed by atoms with Crippen molar-refractivity contribution in [3.8, 4) is 0 Å². The third-order valence-corrected chi connectivity index (χ3v) is 4.84. The number of rotatable bonds is 12. The molecular formula is C15H30O4S. The first-order valence-electron chi connectivity index (χ1n) is 7.86. The Morgan fingerprint density at radius 1 is 0.900 bits per heavy atom. The molecule has 0 aliphatic heterocycles. The van der Waals surface area contributed by atoms with Crippen molar-refractivity contribution in [2.45, 2.75) is 90.2 Å². The minimum Gasteiger partial charge on any atom is -0.346 e. The van der Waals surface area contributed by atoms with E-state index in [9.17, 15) is 13.2 Å². The van der Waals surface area contributed by atoms with Gasteiger partial charge in [0.05, 0.1) is 5.25 Å². The maximum Gasteiger partial charge on any atom is 0.322 e. The molecule has 0 N–H and O–H groups in total. The van der Waals surface area contributed by atoms with Gasteiger partial charge >= 0.3 is 16.1 Å². The van der Waals surface area contributed by atoms with Gasteiger partial charge in [-0.25, -0.2) is 0 Å². The maximum absolute atomic E-state index is 11.4. The van der Waals surface area contributed by atoms with E-state index in [4.69, 9.17) is 0 Å². The summed E-state index contributed by atoms with van der Waals surface area (Å²) < 4.78 is 27.2. The van der Waals surface area contributed by atoms with Crippen molar-refractivity contribution in [1.82, 2.24) is 0 Å². The van der Waals surface area contributed by atoms with Crippen LogP contribution in [0.4, 0.5) is 0 Å². The van der Waals surface area contributed by atoms with Crippen molar-refractivity contribution in [1.29, 1.82) is 0 Å². The van der Waals surface area contributed by atoms with E-state index >= 15 is 0 Å². The zero-order valence-electron chi connectivity index (χ0n) is 13.2. The highest BCUT2D eigenvalue weighted by atomic mass is 32.2. The van der Waals surface area contributed by atoms with Crippen LogP contribution in [0.25, 0.3) is 0 Å². The van der Waals surface area contributed by atoms with Gasteiger partial charge in [0.1, 0.15) is 0 Å². The highest BCUT2D eigenvalue weighted by Crippen LogP contribution is 2.12. The van der Waals surface area contributed by atoms with Crippen molar-refractivity contribution >= 4 is 16.1 Å². The van der Waals surface area contributed by atoms with Crippen molar-refractivity contribution in [2.24, 2.45) is 0 Å².